The van der Waals surface area contributed by atoms with E-state index < -0.39 is 0 Å². The summed E-state index contributed by atoms with van der Waals surface area (Å²) in [5.74, 6) is 0.974. The molecule has 0 aliphatic carbocycles. The van der Waals surface area contributed by atoms with E-state index in [0.29, 0.717) is 0 Å². The van der Waals surface area contributed by atoms with Crippen LogP contribution in [0.2, 0.25) is 0 Å². The molecule has 2 rings (SSSR count). The van der Waals surface area contributed by atoms with Gasteiger partial charge in [0.15, 0.2) is 0 Å². The number of benzene rings is 2. The number of hydrogen-bond donors (Lipinski definition) is 1. The van der Waals surface area contributed by atoms with Crippen molar-refractivity contribution in [2.45, 2.75) is 24.2 Å². The van der Waals surface area contributed by atoms with E-state index in [2.05, 4.69) is 37.3 Å². The molecule has 0 amide bonds. The summed E-state index contributed by atoms with van der Waals surface area (Å²) in [5.41, 5.74) is 3.67. The van der Waals surface area contributed by atoms with Gasteiger partial charge in [0.2, 0.25) is 0 Å². The van der Waals surface area contributed by atoms with Gasteiger partial charge in [0.1, 0.15) is 0 Å². The first-order chi connectivity index (χ1) is 8.29. The van der Waals surface area contributed by atoms with Gasteiger partial charge in [-0.2, -0.15) is 0 Å². The second-order valence-corrected chi connectivity index (χ2v) is 5.07. The first kappa shape index (κ1) is 12.2. The van der Waals surface area contributed by atoms with Crippen molar-refractivity contribution in [3.05, 3.63) is 65.2 Å². The summed E-state index contributed by atoms with van der Waals surface area (Å²) in [6.45, 7) is 2.25. The summed E-state index contributed by atoms with van der Waals surface area (Å²) in [7, 11) is 0. The minimum atomic E-state index is 0.110. The van der Waals surface area contributed by atoms with Crippen molar-refractivity contribution in [1.29, 1.82) is 0 Å². The summed E-state index contributed by atoms with van der Waals surface area (Å²) >= 11 is 1.81. The lowest BCUT2D eigenvalue weighted by atomic mass is 10.1. The molecule has 0 saturated heterocycles. The normalized spacial score (nSPS) is 10.5. The van der Waals surface area contributed by atoms with Gasteiger partial charge in [0.05, 0.1) is 6.61 Å². The number of aliphatic hydroxyl groups excluding tert-OH is 1. The van der Waals surface area contributed by atoms with Crippen LogP contribution in [-0.2, 0) is 12.4 Å². The fourth-order valence-corrected chi connectivity index (χ4v) is 2.72. The standard InChI is InChI=1S/C15H16OS/c1-12-5-2-3-7-14(12)11-17-15-8-4-6-13(9-15)10-16/h2-9,16H,10-11H2,1H3. The smallest absolute Gasteiger partial charge is 0.0682 e. The van der Waals surface area contributed by atoms with Gasteiger partial charge in [-0.1, -0.05) is 36.4 Å². The van der Waals surface area contributed by atoms with Crippen LogP contribution in [0, 0.1) is 6.92 Å². The maximum atomic E-state index is 9.08. The molecule has 2 heteroatoms. The Labute approximate surface area is 107 Å². The molecule has 17 heavy (non-hydrogen) atoms. The molecular weight excluding hydrogens is 228 g/mol. The van der Waals surface area contributed by atoms with Crippen LogP contribution in [0.25, 0.3) is 0 Å². The molecule has 0 atom stereocenters. The third kappa shape index (κ3) is 3.35. The van der Waals surface area contributed by atoms with Gasteiger partial charge in [-0.15, -0.1) is 11.8 Å². The van der Waals surface area contributed by atoms with Crippen LogP contribution in [0.5, 0.6) is 0 Å². The lowest BCUT2D eigenvalue weighted by molar-refractivity contribution is 0.281. The first-order valence-corrected chi connectivity index (χ1v) is 6.65. The maximum Gasteiger partial charge on any atom is 0.0682 e. The van der Waals surface area contributed by atoms with Crippen LogP contribution in [0.3, 0.4) is 0 Å². The molecule has 0 aliphatic heterocycles. The fraction of sp³-hybridized carbons (Fsp3) is 0.200. The first-order valence-electron chi connectivity index (χ1n) is 5.66. The van der Waals surface area contributed by atoms with Crippen molar-refractivity contribution < 1.29 is 5.11 Å². The molecule has 0 spiro atoms. The molecule has 88 valence electrons. The van der Waals surface area contributed by atoms with Crippen LogP contribution in [0.1, 0.15) is 16.7 Å². The zero-order chi connectivity index (χ0) is 12.1. The zero-order valence-electron chi connectivity index (χ0n) is 9.89. The Bertz CT molecular complexity index is 494. The summed E-state index contributed by atoms with van der Waals surface area (Å²) in [5, 5.41) is 9.08. The molecule has 1 nitrogen and oxygen atoms in total. The van der Waals surface area contributed by atoms with Gasteiger partial charge in [0, 0.05) is 10.6 Å². The third-order valence-corrected chi connectivity index (χ3v) is 3.78. The van der Waals surface area contributed by atoms with Crippen LogP contribution in [0.4, 0.5) is 0 Å². The summed E-state index contributed by atoms with van der Waals surface area (Å²) in [4.78, 5) is 1.21. The van der Waals surface area contributed by atoms with E-state index in [-0.39, 0.29) is 6.61 Å². The number of aliphatic hydroxyl groups is 1. The van der Waals surface area contributed by atoms with Crippen LogP contribution in [-0.4, -0.2) is 5.11 Å². The Morgan fingerprint density at radius 3 is 2.65 bits per heavy atom. The van der Waals surface area contributed by atoms with Crippen molar-refractivity contribution in [1.82, 2.24) is 0 Å². The maximum absolute atomic E-state index is 9.08. The Morgan fingerprint density at radius 2 is 1.88 bits per heavy atom. The molecule has 0 bridgehead atoms. The number of aryl methyl sites for hydroxylation is 1. The van der Waals surface area contributed by atoms with Crippen LogP contribution >= 0.6 is 11.8 Å². The minimum Gasteiger partial charge on any atom is -0.392 e. The minimum absolute atomic E-state index is 0.110. The molecule has 0 radical (unpaired) electrons. The fourth-order valence-electron chi connectivity index (χ4n) is 1.67. The zero-order valence-corrected chi connectivity index (χ0v) is 10.7. The predicted molar refractivity (Wildman–Crippen MR) is 73.1 cm³/mol. The highest BCUT2D eigenvalue weighted by Gasteiger charge is 2.00. The highest BCUT2D eigenvalue weighted by molar-refractivity contribution is 7.98. The monoisotopic (exact) mass is 244 g/mol. The highest BCUT2D eigenvalue weighted by atomic mass is 32.2. The van der Waals surface area contributed by atoms with Crippen molar-refractivity contribution in [2.75, 3.05) is 0 Å². The summed E-state index contributed by atoms with van der Waals surface area (Å²) in [6, 6.07) is 16.5. The van der Waals surface area contributed by atoms with Crippen molar-refractivity contribution >= 4 is 11.8 Å². The molecule has 0 heterocycles. The highest BCUT2D eigenvalue weighted by Crippen LogP contribution is 2.24. The summed E-state index contributed by atoms with van der Waals surface area (Å²) < 4.78 is 0. The van der Waals surface area contributed by atoms with Crippen LogP contribution in [0.15, 0.2) is 53.4 Å². The lowest BCUT2D eigenvalue weighted by Crippen LogP contribution is -1.86. The topological polar surface area (TPSA) is 20.2 Å². The van der Waals surface area contributed by atoms with Crippen LogP contribution < -0.4 is 0 Å². The van der Waals surface area contributed by atoms with Gasteiger partial charge in [-0.3, -0.25) is 0 Å². The Kier molecular flexibility index (Phi) is 4.24. The quantitative estimate of drug-likeness (QED) is 0.826. The van der Waals surface area contributed by atoms with E-state index in [1.165, 1.54) is 16.0 Å². The average molecular weight is 244 g/mol. The molecule has 0 aromatic heterocycles. The van der Waals surface area contributed by atoms with E-state index >= 15 is 0 Å². The Morgan fingerprint density at radius 1 is 1.06 bits per heavy atom. The van der Waals surface area contributed by atoms with E-state index in [0.717, 1.165) is 11.3 Å². The lowest BCUT2D eigenvalue weighted by Gasteiger charge is -2.06. The van der Waals surface area contributed by atoms with E-state index in [9.17, 15) is 0 Å². The summed E-state index contributed by atoms with van der Waals surface area (Å²) in [6.07, 6.45) is 0. The van der Waals surface area contributed by atoms with Crippen molar-refractivity contribution in [2.24, 2.45) is 0 Å². The Hall–Kier alpha value is -1.25. The number of rotatable bonds is 4. The average Bonchev–Trinajstić information content (AvgIpc) is 2.38. The van der Waals surface area contributed by atoms with E-state index in [1.807, 2.05) is 18.2 Å². The SMILES string of the molecule is Cc1ccccc1CSc1cccc(CO)c1. The molecule has 2 aromatic carbocycles. The Balaban J connectivity index is 2.05. The van der Waals surface area contributed by atoms with Gasteiger partial charge in [0.25, 0.3) is 0 Å². The second-order valence-electron chi connectivity index (χ2n) is 4.02. The molecule has 1 N–H and O–H groups in total. The predicted octanol–water partition coefficient (Wildman–Crippen LogP) is 3.78. The van der Waals surface area contributed by atoms with E-state index in [4.69, 9.17) is 5.11 Å². The molecule has 0 saturated carbocycles. The molecule has 2 aromatic rings. The molecule has 0 fully saturated rings. The molecule has 0 aliphatic rings. The number of thioether (sulfide) groups is 1. The van der Waals surface area contributed by atoms with Crippen molar-refractivity contribution in [3.8, 4) is 0 Å². The van der Waals surface area contributed by atoms with Gasteiger partial charge in [-0.25, -0.2) is 0 Å². The largest absolute Gasteiger partial charge is 0.392 e. The van der Waals surface area contributed by atoms with Gasteiger partial charge in [-0.05, 0) is 35.7 Å². The van der Waals surface area contributed by atoms with Gasteiger partial charge < -0.3 is 5.11 Å². The van der Waals surface area contributed by atoms with Gasteiger partial charge >= 0.3 is 0 Å². The second kappa shape index (κ2) is 5.89. The number of hydrogen-bond acceptors (Lipinski definition) is 2. The third-order valence-electron chi connectivity index (χ3n) is 2.74. The van der Waals surface area contributed by atoms with E-state index in [1.54, 1.807) is 11.8 Å². The molecular formula is C15H16OS. The van der Waals surface area contributed by atoms with Crippen molar-refractivity contribution in [3.63, 3.8) is 0 Å². The molecule has 0 unspecified atom stereocenters.